The van der Waals surface area contributed by atoms with Gasteiger partial charge in [0.2, 0.25) is 0 Å². The van der Waals surface area contributed by atoms with Gasteiger partial charge in [0.25, 0.3) is 0 Å². The summed E-state index contributed by atoms with van der Waals surface area (Å²) in [7, 11) is 0. The second-order valence-electron chi connectivity index (χ2n) is 3.69. The van der Waals surface area contributed by atoms with E-state index in [2.05, 4.69) is 15.0 Å². The lowest BCUT2D eigenvalue weighted by molar-refractivity contribution is -0.0493. The summed E-state index contributed by atoms with van der Waals surface area (Å²) >= 11 is 11.7. The van der Waals surface area contributed by atoms with Crippen molar-refractivity contribution in [2.75, 3.05) is 11.1 Å². The molecule has 0 saturated carbocycles. The van der Waals surface area contributed by atoms with Crippen molar-refractivity contribution in [2.45, 2.75) is 6.61 Å². The van der Waals surface area contributed by atoms with Crippen molar-refractivity contribution in [1.82, 2.24) is 4.98 Å². The maximum atomic E-state index is 12.3. The first kappa shape index (κ1) is 14.6. The third-order valence-electron chi connectivity index (χ3n) is 2.31. The second kappa shape index (κ2) is 6.11. The Morgan fingerprint density at radius 1 is 1.20 bits per heavy atom. The van der Waals surface area contributed by atoms with Gasteiger partial charge in [0.05, 0.1) is 15.7 Å². The van der Waals surface area contributed by atoms with Crippen LogP contribution in [-0.2, 0) is 0 Å². The van der Waals surface area contributed by atoms with Crippen molar-refractivity contribution >= 4 is 40.5 Å². The quantitative estimate of drug-likeness (QED) is 0.881. The van der Waals surface area contributed by atoms with Crippen molar-refractivity contribution < 1.29 is 13.5 Å². The lowest BCUT2D eigenvalue weighted by Gasteiger charge is -2.13. The highest BCUT2D eigenvalue weighted by Crippen LogP contribution is 2.33. The Kier molecular flexibility index (Phi) is 4.46. The molecular weight excluding hydrogens is 311 g/mol. The molecule has 0 unspecified atom stereocenters. The highest BCUT2D eigenvalue weighted by Gasteiger charge is 2.12. The second-order valence-corrected chi connectivity index (χ2v) is 4.50. The van der Waals surface area contributed by atoms with Crippen LogP contribution < -0.4 is 15.8 Å². The van der Waals surface area contributed by atoms with Crippen LogP contribution in [0.5, 0.6) is 5.75 Å². The largest absolute Gasteiger partial charge is 0.433 e. The molecule has 0 saturated heterocycles. The van der Waals surface area contributed by atoms with Crippen LogP contribution in [0, 0.1) is 0 Å². The molecule has 1 heterocycles. The van der Waals surface area contributed by atoms with Crippen LogP contribution in [0.3, 0.4) is 0 Å². The van der Waals surface area contributed by atoms with E-state index in [1.807, 2.05) is 0 Å². The minimum absolute atomic E-state index is 0.0334. The number of hydrogen-bond donors (Lipinski definition) is 2. The summed E-state index contributed by atoms with van der Waals surface area (Å²) in [6.07, 6.45) is 0. The fraction of sp³-hybridized carbons (Fsp3) is 0.0833. The molecule has 0 bridgehead atoms. The van der Waals surface area contributed by atoms with E-state index in [9.17, 15) is 8.78 Å². The first-order valence-corrected chi connectivity index (χ1v) is 6.15. The topological polar surface area (TPSA) is 60.2 Å². The van der Waals surface area contributed by atoms with E-state index in [1.54, 1.807) is 18.2 Å². The van der Waals surface area contributed by atoms with E-state index in [1.165, 1.54) is 12.1 Å². The third kappa shape index (κ3) is 3.40. The zero-order chi connectivity index (χ0) is 14.7. The number of nitrogens with two attached hydrogens (primary N) is 1. The van der Waals surface area contributed by atoms with Crippen LogP contribution in [0.2, 0.25) is 10.0 Å². The van der Waals surface area contributed by atoms with Crippen molar-refractivity contribution in [1.29, 1.82) is 0 Å². The molecule has 1 aromatic carbocycles. The van der Waals surface area contributed by atoms with Crippen molar-refractivity contribution in [3.05, 3.63) is 40.4 Å². The maximum absolute atomic E-state index is 12.3. The zero-order valence-electron chi connectivity index (χ0n) is 9.91. The molecule has 1 aromatic heterocycles. The molecule has 0 radical (unpaired) electrons. The van der Waals surface area contributed by atoms with Gasteiger partial charge in [0.1, 0.15) is 11.6 Å². The number of ether oxygens (including phenoxy) is 1. The lowest BCUT2D eigenvalue weighted by atomic mass is 10.3. The summed E-state index contributed by atoms with van der Waals surface area (Å²) in [5, 5.41) is 3.19. The van der Waals surface area contributed by atoms with Gasteiger partial charge in [-0.05, 0) is 18.2 Å². The fourth-order valence-corrected chi connectivity index (χ4v) is 1.87. The van der Waals surface area contributed by atoms with Gasteiger partial charge in [-0.15, -0.1) is 0 Å². The number of anilines is 3. The average Bonchev–Trinajstić information content (AvgIpc) is 2.37. The van der Waals surface area contributed by atoms with Crippen LogP contribution in [0.4, 0.5) is 26.1 Å². The zero-order valence-corrected chi connectivity index (χ0v) is 11.4. The minimum Gasteiger partial charge on any atom is -0.433 e. The number of alkyl halides is 2. The van der Waals surface area contributed by atoms with Gasteiger partial charge in [-0.2, -0.15) is 8.78 Å². The molecule has 3 N–H and O–H groups in total. The molecule has 0 aliphatic carbocycles. The van der Waals surface area contributed by atoms with Crippen molar-refractivity contribution in [3.63, 3.8) is 0 Å². The Labute approximate surface area is 123 Å². The Bertz CT molecular complexity index is 626. The number of nitrogens with one attached hydrogen (secondary N) is 1. The number of halogens is 4. The van der Waals surface area contributed by atoms with E-state index in [-0.39, 0.29) is 33.1 Å². The third-order valence-corrected chi connectivity index (χ3v) is 2.90. The number of rotatable bonds is 4. The molecular formula is C12H9Cl2F2N3O. The van der Waals surface area contributed by atoms with Crippen LogP contribution in [0.15, 0.2) is 30.3 Å². The SMILES string of the molecule is Nc1nc(Nc2ccccc2OC(F)F)c(Cl)cc1Cl. The van der Waals surface area contributed by atoms with E-state index >= 15 is 0 Å². The first-order chi connectivity index (χ1) is 9.47. The summed E-state index contributed by atoms with van der Waals surface area (Å²) in [6.45, 7) is -2.93. The molecule has 0 spiro atoms. The van der Waals surface area contributed by atoms with Crippen molar-refractivity contribution in [2.24, 2.45) is 0 Å². The molecule has 106 valence electrons. The predicted octanol–water partition coefficient (Wildman–Crippen LogP) is 4.32. The van der Waals surface area contributed by atoms with E-state index in [0.717, 1.165) is 0 Å². The van der Waals surface area contributed by atoms with Gasteiger partial charge in [-0.1, -0.05) is 35.3 Å². The van der Waals surface area contributed by atoms with E-state index < -0.39 is 6.61 Å². The number of nitrogen functional groups attached to an aromatic ring is 1. The predicted molar refractivity (Wildman–Crippen MR) is 75.0 cm³/mol. The standard InChI is InChI=1S/C12H9Cl2F2N3O/c13-6-5-7(14)11(19-10(6)17)18-8-3-1-2-4-9(8)20-12(15)16/h1-5,12H,(H3,17,18,19). The smallest absolute Gasteiger partial charge is 0.387 e. The lowest BCUT2D eigenvalue weighted by Crippen LogP contribution is -2.05. The average molecular weight is 320 g/mol. The molecule has 4 nitrogen and oxygen atoms in total. The van der Waals surface area contributed by atoms with Crippen LogP contribution >= 0.6 is 23.2 Å². The molecule has 20 heavy (non-hydrogen) atoms. The van der Waals surface area contributed by atoms with Crippen LogP contribution in [0.25, 0.3) is 0 Å². The van der Waals surface area contributed by atoms with Crippen molar-refractivity contribution in [3.8, 4) is 5.75 Å². The summed E-state index contributed by atoms with van der Waals surface area (Å²) in [5.74, 6) is 0.235. The summed E-state index contributed by atoms with van der Waals surface area (Å²) in [5.41, 5.74) is 5.85. The number of benzene rings is 1. The highest BCUT2D eigenvalue weighted by atomic mass is 35.5. The molecule has 2 aromatic rings. The molecule has 0 fully saturated rings. The molecule has 2 rings (SSSR count). The van der Waals surface area contributed by atoms with Gasteiger partial charge >= 0.3 is 6.61 Å². The van der Waals surface area contributed by atoms with Gasteiger partial charge in [-0.25, -0.2) is 4.98 Å². The Morgan fingerprint density at radius 2 is 1.90 bits per heavy atom. The number of pyridine rings is 1. The van der Waals surface area contributed by atoms with Crippen LogP contribution in [-0.4, -0.2) is 11.6 Å². The Balaban J connectivity index is 2.33. The fourth-order valence-electron chi connectivity index (χ4n) is 1.46. The highest BCUT2D eigenvalue weighted by molar-refractivity contribution is 6.37. The van der Waals surface area contributed by atoms with Gasteiger partial charge < -0.3 is 15.8 Å². The summed E-state index contributed by atoms with van der Waals surface area (Å²) in [4.78, 5) is 3.95. The monoisotopic (exact) mass is 319 g/mol. The van der Waals surface area contributed by atoms with E-state index in [0.29, 0.717) is 0 Å². The molecule has 0 atom stereocenters. The van der Waals surface area contributed by atoms with E-state index in [4.69, 9.17) is 28.9 Å². The van der Waals surface area contributed by atoms with Gasteiger partial charge in [0, 0.05) is 0 Å². The summed E-state index contributed by atoms with van der Waals surface area (Å²) < 4.78 is 29.0. The number of hydrogen-bond acceptors (Lipinski definition) is 4. The number of aromatic nitrogens is 1. The number of para-hydroxylation sites is 2. The Morgan fingerprint density at radius 3 is 2.60 bits per heavy atom. The molecule has 0 aliphatic heterocycles. The summed E-state index contributed by atoms with van der Waals surface area (Å²) in [6, 6.07) is 7.55. The number of nitrogens with zero attached hydrogens (tertiary/aromatic N) is 1. The minimum atomic E-state index is -2.93. The van der Waals surface area contributed by atoms with Crippen LogP contribution in [0.1, 0.15) is 0 Å². The van der Waals surface area contributed by atoms with Gasteiger partial charge in [0.15, 0.2) is 5.82 Å². The molecule has 0 amide bonds. The molecule has 8 heteroatoms. The normalized spacial score (nSPS) is 10.7. The molecule has 0 aliphatic rings. The van der Waals surface area contributed by atoms with Gasteiger partial charge in [-0.3, -0.25) is 0 Å². The maximum Gasteiger partial charge on any atom is 0.387 e. The first-order valence-electron chi connectivity index (χ1n) is 5.39. The Hall–Kier alpha value is -1.79.